The first-order chi connectivity index (χ1) is 5.36. The Balaban J connectivity index is 2.51. The third-order valence-electron chi connectivity index (χ3n) is 1.60. The molecule has 1 aliphatic heterocycles. The van der Waals surface area contributed by atoms with Crippen LogP contribution in [-0.2, 0) is 0 Å². The second-order valence-electron chi connectivity index (χ2n) is 2.42. The van der Waals surface area contributed by atoms with Crippen molar-refractivity contribution in [3.05, 3.63) is 34.3 Å². The summed E-state index contributed by atoms with van der Waals surface area (Å²) in [5, 5.41) is 0. The van der Waals surface area contributed by atoms with E-state index >= 15 is 0 Å². The standard InChI is InChI=1S/C9H7BrS/c10-8-5-7-3-1-2-4-9(7)11-6-8/h1-5H,6H2. The lowest BCUT2D eigenvalue weighted by molar-refractivity contribution is 1.40. The van der Waals surface area contributed by atoms with Crippen molar-refractivity contribution in [2.24, 2.45) is 0 Å². The molecule has 0 radical (unpaired) electrons. The van der Waals surface area contributed by atoms with Gasteiger partial charge in [-0.2, -0.15) is 0 Å². The van der Waals surface area contributed by atoms with Gasteiger partial charge in [0.1, 0.15) is 0 Å². The first kappa shape index (κ1) is 7.44. The van der Waals surface area contributed by atoms with Gasteiger partial charge in [-0.05, 0) is 17.7 Å². The lowest BCUT2D eigenvalue weighted by atomic mass is 10.2. The monoisotopic (exact) mass is 226 g/mol. The molecule has 0 saturated heterocycles. The summed E-state index contributed by atoms with van der Waals surface area (Å²) in [6.07, 6.45) is 2.19. The van der Waals surface area contributed by atoms with Crippen molar-refractivity contribution >= 4 is 33.8 Å². The molecule has 11 heavy (non-hydrogen) atoms. The van der Waals surface area contributed by atoms with Crippen LogP contribution in [0.3, 0.4) is 0 Å². The van der Waals surface area contributed by atoms with Crippen molar-refractivity contribution in [2.45, 2.75) is 4.90 Å². The highest BCUT2D eigenvalue weighted by atomic mass is 79.9. The molecule has 56 valence electrons. The lowest BCUT2D eigenvalue weighted by Crippen LogP contribution is -1.89. The van der Waals surface area contributed by atoms with Gasteiger partial charge in [-0.25, -0.2) is 0 Å². The smallest absolute Gasteiger partial charge is 0.0298 e. The van der Waals surface area contributed by atoms with Gasteiger partial charge >= 0.3 is 0 Å². The van der Waals surface area contributed by atoms with Crippen molar-refractivity contribution in [1.29, 1.82) is 0 Å². The molecule has 0 nitrogen and oxygen atoms in total. The Morgan fingerprint density at radius 3 is 3.00 bits per heavy atom. The Kier molecular flexibility index (Phi) is 2.05. The van der Waals surface area contributed by atoms with E-state index in [4.69, 9.17) is 0 Å². The molecule has 1 aromatic carbocycles. The summed E-state index contributed by atoms with van der Waals surface area (Å²) in [4.78, 5) is 1.38. The summed E-state index contributed by atoms with van der Waals surface area (Å²) >= 11 is 5.38. The fourth-order valence-corrected chi connectivity index (χ4v) is 2.52. The molecule has 0 amide bonds. The topological polar surface area (TPSA) is 0 Å². The van der Waals surface area contributed by atoms with Gasteiger partial charge in [0.15, 0.2) is 0 Å². The van der Waals surface area contributed by atoms with Gasteiger partial charge in [0, 0.05) is 15.1 Å². The van der Waals surface area contributed by atoms with Crippen LogP contribution >= 0.6 is 27.7 Å². The molecule has 2 heteroatoms. The zero-order valence-corrected chi connectivity index (χ0v) is 8.28. The molecule has 0 fully saturated rings. The highest BCUT2D eigenvalue weighted by Gasteiger charge is 2.06. The Morgan fingerprint density at radius 2 is 2.09 bits per heavy atom. The SMILES string of the molecule is BrC1=Cc2ccccc2SC1. The van der Waals surface area contributed by atoms with Gasteiger partial charge in [-0.1, -0.05) is 34.1 Å². The molecule has 0 spiro atoms. The van der Waals surface area contributed by atoms with Crippen molar-refractivity contribution in [3.8, 4) is 0 Å². The van der Waals surface area contributed by atoms with Crippen LogP contribution in [0.1, 0.15) is 5.56 Å². The van der Waals surface area contributed by atoms with Gasteiger partial charge in [-0.3, -0.25) is 0 Å². The normalized spacial score (nSPS) is 15.5. The zero-order chi connectivity index (χ0) is 7.68. The molecule has 1 heterocycles. The maximum Gasteiger partial charge on any atom is 0.0298 e. The minimum Gasteiger partial charge on any atom is -0.120 e. The Morgan fingerprint density at radius 1 is 1.27 bits per heavy atom. The first-order valence-electron chi connectivity index (χ1n) is 3.44. The quantitative estimate of drug-likeness (QED) is 0.653. The van der Waals surface area contributed by atoms with E-state index in [1.807, 2.05) is 11.8 Å². The molecule has 0 bridgehead atoms. The average Bonchev–Trinajstić information content (AvgIpc) is 2.04. The van der Waals surface area contributed by atoms with E-state index in [1.54, 1.807) is 0 Å². The molecule has 0 N–H and O–H groups in total. The molecule has 0 atom stereocenters. The number of halogens is 1. The molecule has 0 unspecified atom stereocenters. The third-order valence-corrected chi connectivity index (χ3v) is 3.62. The molecule has 0 aliphatic carbocycles. The predicted octanol–water partition coefficient (Wildman–Crippen LogP) is 3.53. The average molecular weight is 227 g/mol. The van der Waals surface area contributed by atoms with Gasteiger partial charge in [0.05, 0.1) is 0 Å². The highest BCUT2D eigenvalue weighted by Crippen LogP contribution is 2.33. The second kappa shape index (κ2) is 3.03. The van der Waals surface area contributed by atoms with E-state index in [2.05, 4.69) is 46.3 Å². The van der Waals surface area contributed by atoms with Crippen molar-refractivity contribution in [1.82, 2.24) is 0 Å². The Bertz CT molecular complexity index is 304. The van der Waals surface area contributed by atoms with E-state index in [9.17, 15) is 0 Å². The summed E-state index contributed by atoms with van der Waals surface area (Å²) in [5.74, 6) is 1.07. The van der Waals surface area contributed by atoms with Crippen molar-refractivity contribution < 1.29 is 0 Å². The minimum atomic E-state index is 1.07. The predicted molar refractivity (Wildman–Crippen MR) is 54.1 cm³/mol. The van der Waals surface area contributed by atoms with Gasteiger partial charge in [0.25, 0.3) is 0 Å². The second-order valence-corrected chi connectivity index (χ2v) is 4.45. The van der Waals surface area contributed by atoms with Crippen LogP contribution in [0.5, 0.6) is 0 Å². The van der Waals surface area contributed by atoms with Gasteiger partial charge in [-0.15, -0.1) is 11.8 Å². The molecule has 2 rings (SSSR count). The zero-order valence-electron chi connectivity index (χ0n) is 5.88. The van der Waals surface area contributed by atoms with E-state index < -0.39 is 0 Å². The molecule has 1 aromatic rings. The molecule has 0 saturated carbocycles. The fraction of sp³-hybridized carbons (Fsp3) is 0.111. The summed E-state index contributed by atoms with van der Waals surface area (Å²) < 4.78 is 1.28. The van der Waals surface area contributed by atoms with Crippen LogP contribution in [0, 0.1) is 0 Å². The summed E-state index contributed by atoms with van der Waals surface area (Å²) in [7, 11) is 0. The van der Waals surface area contributed by atoms with Crippen molar-refractivity contribution in [2.75, 3.05) is 5.75 Å². The van der Waals surface area contributed by atoms with E-state index in [1.165, 1.54) is 14.9 Å². The fourth-order valence-electron chi connectivity index (χ4n) is 1.09. The number of rotatable bonds is 0. The van der Waals surface area contributed by atoms with E-state index in [0.29, 0.717) is 0 Å². The minimum absolute atomic E-state index is 1.07. The van der Waals surface area contributed by atoms with Crippen LogP contribution in [0.15, 0.2) is 33.6 Å². The van der Waals surface area contributed by atoms with Crippen LogP contribution in [-0.4, -0.2) is 5.75 Å². The van der Waals surface area contributed by atoms with Crippen LogP contribution in [0.25, 0.3) is 6.08 Å². The molecular formula is C9H7BrS. The van der Waals surface area contributed by atoms with Gasteiger partial charge < -0.3 is 0 Å². The van der Waals surface area contributed by atoms with E-state index in [0.717, 1.165) is 5.75 Å². The summed E-state index contributed by atoms with van der Waals surface area (Å²) in [5.41, 5.74) is 1.33. The lowest BCUT2D eigenvalue weighted by Gasteiger charge is -2.10. The number of thioether (sulfide) groups is 1. The van der Waals surface area contributed by atoms with Crippen molar-refractivity contribution in [3.63, 3.8) is 0 Å². The number of hydrogen-bond donors (Lipinski definition) is 0. The highest BCUT2D eigenvalue weighted by molar-refractivity contribution is 9.12. The number of hydrogen-bond acceptors (Lipinski definition) is 1. The number of benzene rings is 1. The maximum absolute atomic E-state index is 3.50. The first-order valence-corrected chi connectivity index (χ1v) is 5.22. The Labute approximate surface area is 78.8 Å². The summed E-state index contributed by atoms with van der Waals surface area (Å²) in [6.45, 7) is 0. The van der Waals surface area contributed by atoms with Crippen LogP contribution in [0.4, 0.5) is 0 Å². The van der Waals surface area contributed by atoms with Crippen LogP contribution in [0.2, 0.25) is 0 Å². The van der Waals surface area contributed by atoms with Crippen LogP contribution < -0.4 is 0 Å². The number of fused-ring (bicyclic) bond motifs is 1. The maximum atomic E-state index is 3.50. The molecular weight excluding hydrogens is 220 g/mol. The van der Waals surface area contributed by atoms with E-state index in [-0.39, 0.29) is 0 Å². The third kappa shape index (κ3) is 1.52. The Hall–Kier alpha value is -0.210. The van der Waals surface area contributed by atoms with Gasteiger partial charge in [0.2, 0.25) is 0 Å². The summed E-state index contributed by atoms with van der Waals surface area (Å²) in [6, 6.07) is 8.46. The largest absolute Gasteiger partial charge is 0.120 e. The molecule has 0 aromatic heterocycles. The molecule has 1 aliphatic rings.